The van der Waals surface area contributed by atoms with Crippen LogP contribution >= 0.6 is 0 Å². The molecule has 1 saturated heterocycles. The van der Waals surface area contributed by atoms with Crippen LogP contribution in [0, 0.1) is 0 Å². The first kappa shape index (κ1) is 21.7. The summed E-state index contributed by atoms with van der Waals surface area (Å²) < 4.78 is 27.9. The summed E-state index contributed by atoms with van der Waals surface area (Å²) in [5.41, 5.74) is 0.720. The van der Waals surface area contributed by atoms with Crippen molar-refractivity contribution in [2.75, 3.05) is 39.8 Å². The minimum Gasteiger partial charge on any atom is -0.357 e. The number of aliphatic imine (C=N–C) groups is 1. The number of hydrogen-bond acceptors (Lipinski definition) is 4. The van der Waals surface area contributed by atoms with Gasteiger partial charge in [0, 0.05) is 38.8 Å². The monoisotopic (exact) mass is 395 g/mol. The van der Waals surface area contributed by atoms with E-state index in [0.29, 0.717) is 36.5 Å². The highest BCUT2D eigenvalue weighted by molar-refractivity contribution is 7.89. The molecule has 1 atom stereocenters. The molecule has 152 valence electrons. The minimum absolute atomic E-state index is 0.298. The van der Waals surface area contributed by atoms with Crippen LogP contribution in [0.25, 0.3) is 0 Å². The summed E-state index contributed by atoms with van der Waals surface area (Å²) in [5.74, 6) is 0.707. The second-order valence-electron chi connectivity index (χ2n) is 6.96. The third kappa shape index (κ3) is 5.92. The zero-order valence-corrected chi connectivity index (χ0v) is 17.7. The fourth-order valence-electron chi connectivity index (χ4n) is 2.87. The average molecular weight is 396 g/mol. The minimum atomic E-state index is -3.51. The van der Waals surface area contributed by atoms with Crippen LogP contribution in [-0.4, -0.2) is 69.4 Å². The van der Waals surface area contributed by atoms with Crippen LogP contribution in [0.5, 0.6) is 0 Å². The van der Waals surface area contributed by atoms with Gasteiger partial charge in [-0.1, -0.05) is 25.1 Å². The second kappa shape index (κ2) is 10.1. The first-order valence-electron chi connectivity index (χ1n) is 9.69. The predicted molar refractivity (Wildman–Crippen MR) is 110 cm³/mol. The summed E-state index contributed by atoms with van der Waals surface area (Å²) in [7, 11) is -1.49. The summed E-state index contributed by atoms with van der Waals surface area (Å²) in [6.07, 6.45) is 0.985. The van der Waals surface area contributed by atoms with Crippen molar-refractivity contribution in [1.82, 2.24) is 19.8 Å². The van der Waals surface area contributed by atoms with Gasteiger partial charge in [-0.2, -0.15) is 4.31 Å². The van der Waals surface area contributed by atoms with Crippen LogP contribution in [0.4, 0.5) is 0 Å². The van der Waals surface area contributed by atoms with Crippen LogP contribution in [0.3, 0.4) is 0 Å². The highest BCUT2D eigenvalue weighted by Gasteiger charge is 2.29. The number of sulfonamides is 1. The lowest BCUT2D eigenvalue weighted by molar-refractivity contribution is 0.222. The first-order valence-corrected chi connectivity index (χ1v) is 11.1. The molecule has 2 rings (SSSR count). The van der Waals surface area contributed by atoms with E-state index in [1.165, 1.54) is 0 Å². The number of guanidine groups is 1. The van der Waals surface area contributed by atoms with Crippen molar-refractivity contribution in [3.8, 4) is 0 Å². The number of hydrogen-bond donors (Lipinski definition) is 2. The molecule has 0 aromatic heterocycles. The third-order valence-electron chi connectivity index (χ3n) is 4.80. The standard InChI is InChI=1S/C19H33N5O2S/c1-5-16(3)22-19(20-6-2)21-15-17-9-7-8-10-18(17)27(25,26)24-13-11-23(4)12-14-24/h7-10,16H,5-6,11-15H2,1-4H3,(H2,20,21,22). The fraction of sp³-hybridized carbons (Fsp3) is 0.632. The SMILES string of the molecule is CCNC(=NCc1ccccc1S(=O)(=O)N1CCN(C)CC1)NC(C)CC. The van der Waals surface area contributed by atoms with E-state index in [4.69, 9.17) is 0 Å². The molecule has 0 spiro atoms. The van der Waals surface area contributed by atoms with Crippen molar-refractivity contribution in [1.29, 1.82) is 0 Å². The van der Waals surface area contributed by atoms with Crippen molar-refractivity contribution < 1.29 is 8.42 Å². The number of nitrogens with one attached hydrogen (secondary N) is 2. The Labute approximate surface area is 163 Å². The van der Waals surface area contributed by atoms with Gasteiger partial charge in [-0.05, 0) is 38.9 Å². The number of nitrogens with zero attached hydrogens (tertiary/aromatic N) is 3. The summed E-state index contributed by atoms with van der Waals surface area (Å²) in [4.78, 5) is 7.11. The molecule has 7 nitrogen and oxygen atoms in total. The topological polar surface area (TPSA) is 77.0 Å². The Morgan fingerprint density at radius 3 is 2.48 bits per heavy atom. The van der Waals surface area contributed by atoms with Gasteiger partial charge >= 0.3 is 0 Å². The first-order chi connectivity index (χ1) is 12.9. The molecule has 1 aliphatic rings. The lowest BCUT2D eigenvalue weighted by atomic mass is 10.2. The van der Waals surface area contributed by atoms with Gasteiger partial charge in [0.05, 0.1) is 11.4 Å². The summed E-state index contributed by atoms with van der Waals surface area (Å²) in [5, 5.41) is 6.56. The molecule has 0 amide bonds. The van der Waals surface area contributed by atoms with Crippen molar-refractivity contribution in [2.45, 2.75) is 44.7 Å². The summed E-state index contributed by atoms with van der Waals surface area (Å²) in [6.45, 7) is 9.84. The molecular formula is C19H33N5O2S. The zero-order chi connectivity index (χ0) is 19.9. The largest absolute Gasteiger partial charge is 0.357 e. The van der Waals surface area contributed by atoms with Crippen LogP contribution in [-0.2, 0) is 16.6 Å². The van der Waals surface area contributed by atoms with Gasteiger partial charge < -0.3 is 15.5 Å². The molecule has 0 bridgehead atoms. The molecule has 0 saturated carbocycles. The average Bonchev–Trinajstić information content (AvgIpc) is 2.66. The maximum absolute atomic E-state index is 13.1. The lowest BCUT2D eigenvalue weighted by Gasteiger charge is -2.32. The Hall–Kier alpha value is -1.64. The van der Waals surface area contributed by atoms with Crippen LogP contribution in [0.15, 0.2) is 34.2 Å². The van der Waals surface area contributed by atoms with Gasteiger partial charge in [0.25, 0.3) is 0 Å². The van der Waals surface area contributed by atoms with Crippen molar-refractivity contribution in [3.05, 3.63) is 29.8 Å². The Morgan fingerprint density at radius 2 is 1.85 bits per heavy atom. The van der Waals surface area contributed by atoms with E-state index in [0.717, 1.165) is 31.6 Å². The molecular weight excluding hydrogens is 362 g/mol. The van der Waals surface area contributed by atoms with E-state index in [-0.39, 0.29) is 0 Å². The molecule has 1 aromatic carbocycles. The molecule has 0 aliphatic carbocycles. The van der Waals surface area contributed by atoms with Gasteiger partial charge in [0.2, 0.25) is 10.0 Å². The molecule has 8 heteroatoms. The van der Waals surface area contributed by atoms with E-state index < -0.39 is 10.0 Å². The van der Waals surface area contributed by atoms with E-state index in [2.05, 4.69) is 34.4 Å². The zero-order valence-electron chi connectivity index (χ0n) is 16.9. The van der Waals surface area contributed by atoms with Gasteiger partial charge in [0.15, 0.2) is 5.96 Å². The van der Waals surface area contributed by atoms with Crippen LogP contribution in [0.2, 0.25) is 0 Å². The predicted octanol–water partition coefficient (Wildman–Crippen LogP) is 1.48. The number of piperazine rings is 1. The maximum Gasteiger partial charge on any atom is 0.243 e. The highest BCUT2D eigenvalue weighted by atomic mass is 32.2. The van der Waals surface area contributed by atoms with Crippen LogP contribution in [0.1, 0.15) is 32.8 Å². The van der Waals surface area contributed by atoms with Crippen molar-refractivity contribution in [3.63, 3.8) is 0 Å². The van der Waals surface area contributed by atoms with E-state index in [9.17, 15) is 8.42 Å². The van der Waals surface area contributed by atoms with Crippen LogP contribution < -0.4 is 10.6 Å². The molecule has 27 heavy (non-hydrogen) atoms. The normalized spacial score (nSPS) is 18.3. The number of benzene rings is 1. The summed E-state index contributed by atoms with van der Waals surface area (Å²) >= 11 is 0. The Kier molecular flexibility index (Phi) is 8.07. The molecule has 2 N–H and O–H groups in total. The second-order valence-corrected chi connectivity index (χ2v) is 8.87. The maximum atomic E-state index is 13.1. The highest BCUT2D eigenvalue weighted by Crippen LogP contribution is 2.22. The molecule has 1 fully saturated rings. The van der Waals surface area contributed by atoms with E-state index in [1.807, 2.05) is 26.1 Å². The Morgan fingerprint density at radius 1 is 1.19 bits per heavy atom. The van der Waals surface area contributed by atoms with Crippen molar-refractivity contribution >= 4 is 16.0 Å². The Balaban J connectivity index is 2.22. The van der Waals surface area contributed by atoms with E-state index >= 15 is 0 Å². The van der Waals surface area contributed by atoms with Gasteiger partial charge in [-0.15, -0.1) is 0 Å². The number of rotatable bonds is 7. The lowest BCUT2D eigenvalue weighted by Crippen LogP contribution is -2.47. The van der Waals surface area contributed by atoms with Gasteiger partial charge in [-0.3, -0.25) is 0 Å². The molecule has 0 radical (unpaired) electrons. The van der Waals surface area contributed by atoms with E-state index in [1.54, 1.807) is 16.4 Å². The summed E-state index contributed by atoms with van der Waals surface area (Å²) in [6, 6.07) is 7.47. The third-order valence-corrected chi connectivity index (χ3v) is 6.80. The van der Waals surface area contributed by atoms with Gasteiger partial charge in [0.1, 0.15) is 0 Å². The molecule has 1 unspecified atom stereocenters. The molecule has 1 heterocycles. The number of likely N-dealkylation sites (N-methyl/N-ethyl adjacent to an activating group) is 1. The smallest absolute Gasteiger partial charge is 0.243 e. The molecule has 1 aromatic rings. The quantitative estimate of drug-likeness (QED) is 0.540. The van der Waals surface area contributed by atoms with Crippen molar-refractivity contribution in [2.24, 2.45) is 4.99 Å². The Bertz CT molecular complexity index is 727. The van der Waals surface area contributed by atoms with Gasteiger partial charge in [-0.25, -0.2) is 13.4 Å². The molecule has 1 aliphatic heterocycles. The fourth-order valence-corrected chi connectivity index (χ4v) is 4.51.